The first-order chi connectivity index (χ1) is 10.5. The molecule has 0 saturated carbocycles. The fourth-order valence-corrected chi connectivity index (χ4v) is 1.85. The number of carbonyl (C=O) groups is 1. The third-order valence-electron chi connectivity index (χ3n) is 2.75. The molecule has 0 aliphatic heterocycles. The second kappa shape index (κ2) is 6.74. The number of phenols is 1. The zero-order valence-electron chi connectivity index (χ0n) is 11.2. The van der Waals surface area contributed by atoms with E-state index in [0.29, 0.717) is 11.3 Å². The Balaban J connectivity index is 2.21. The Hall–Kier alpha value is -2.84. The minimum Gasteiger partial charge on any atom is -0.506 e. The zero-order chi connectivity index (χ0) is 16.1. The number of phenolic OH excluding ortho intramolecular Hbond substituents is 1. The molecule has 110 valence electrons. The molecule has 0 unspecified atom stereocenters. The first-order valence-corrected chi connectivity index (χ1v) is 6.54. The smallest absolute Gasteiger partial charge is 0.266 e. The minimum atomic E-state index is -0.627. The highest BCUT2D eigenvalue weighted by atomic mass is 35.5. The van der Waals surface area contributed by atoms with Crippen molar-refractivity contribution in [3.8, 4) is 11.8 Å². The lowest BCUT2D eigenvalue weighted by molar-refractivity contribution is -0.112. The number of hydrogen-bond donors (Lipinski definition) is 2. The molecular weight excluding hydrogens is 307 g/mol. The van der Waals surface area contributed by atoms with Crippen LogP contribution in [0, 0.1) is 17.1 Å². The molecule has 0 aliphatic carbocycles. The lowest BCUT2D eigenvalue weighted by Gasteiger charge is -2.04. The molecule has 22 heavy (non-hydrogen) atoms. The summed E-state index contributed by atoms with van der Waals surface area (Å²) in [4.78, 5) is 12.0. The van der Waals surface area contributed by atoms with Gasteiger partial charge in [-0.2, -0.15) is 5.26 Å². The summed E-state index contributed by atoms with van der Waals surface area (Å²) in [6.45, 7) is 0. The predicted molar refractivity (Wildman–Crippen MR) is 81.7 cm³/mol. The Kier molecular flexibility index (Phi) is 4.77. The summed E-state index contributed by atoms with van der Waals surface area (Å²) in [5, 5.41) is 21.0. The summed E-state index contributed by atoms with van der Waals surface area (Å²) in [5.74, 6) is -1.14. The van der Waals surface area contributed by atoms with E-state index in [9.17, 15) is 14.3 Å². The summed E-state index contributed by atoms with van der Waals surface area (Å²) >= 11 is 5.77. The number of halogens is 2. The van der Waals surface area contributed by atoms with Gasteiger partial charge in [-0.05, 0) is 48.0 Å². The van der Waals surface area contributed by atoms with Crippen molar-refractivity contribution >= 4 is 29.3 Å². The number of nitrogens with one attached hydrogen (secondary N) is 1. The van der Waals surface area contributed by atoms with E-state index in [1.54, 1.807) is 6.07 Å². The number of rotatable bonds is 3. The highest BCUT2D eigenvalue weighted by Crippen LogP contribution is 2.24. The van der Waals surface area contributed by atoms with Gasteiger partial charge < -0.3 is 10.4 Å². The number of carbonyl (C=O) groups excluding carboxylic acids is 1. The maximum absolute atomic E-state index is 12.8. The molecule has 2 aromatic carbocycles. The average Bonchev–Trinajstić information content (AvgIpc) is 2.50. The molecule has 0 bridgehead atoms. The van der Waals surface area contributed by atoms with Gasteiger partial charge in [-0.1, -0.05) is 17.7 Å². The largest absolute Gasteiger partial charge is 0.506 e. The Bertz CT molecular complexity index is 780. The summed E-state index contributed by atoms with van der Waals surface area (Å²) < 4.78 is 12.8. The van der Waals surface area contributed by atoms with Gasteiger partial charge in [0.05, 0.1) is 5.02 Å². The summed E-state index contributed by atoms with van der Waals surface area (Å²) in [7, 11) is 0. The summed E-state index contributed by atoms with van der Waals surface area (Å²) in [6.07, 6.45) is 1.34. The van der Waals surface area contributed by atoms with E-state index < -0.39 is 11.7 Å². The molecule has 4 nitrogen and oxygen atoms in total. The zero-order valence-corrected chi connectivity index (χ0v) is 11.9. The molecule has 0 fully saturated rings. The maximum atomic E-state index is 12.8. The van der Waals surface area contributed by atoms with E-state index in [1.807, 2.05) is 0 Å². The number of nitriles is 1. The Morgan fingerprint density at radius 1 is 1.27 bits per heavy atom. The molecule has 6 heteroatoms. The molecule has 2 aromatic rings. The first kappa shape index (κ1) is 15.5. The number of aromatic hydroxyl groups is 1. The Labute approximate surface area is 131 Å². The fourth-order valence-electron chi connectivity index (χ4n) is 1.66. The molecule has 0 spiro atoms. The fraction of sp³-hybridized carbons (Fsp3) is 0. The third kappa shape index (κ3) is 3.84. The molecule has 0 aliphatic rings. The number of benzene rings is 2. The van der Waals surface area contributed by atoms with Gasteiger partial charge in [0.1, 0.15) is 23.2 Å². The molecule has 0 saturated heterocycles. The monoisotopic (exact) mass is 316 g/mol. The van der Waals surface area contributed by atoms with Crippen LogP contribution in [0.1, 0.15) is 5.56 Å². The number of nitrogens with zero attached hydrogens (tertiary/aromatic N) is 1. The molecule has 0 atom stereocenters. The van der Waals surface area contributed by atoms with Crippen LogP contribution in [0.5, 0.6) is 5.75 Å². The van der Waals surface area contributed by atoms with E-state index in [-0.39, 0.29) is 16.3 Å². The topological polar surface area (TPSA) is 73.1 Å². The molecule has 2 rings (SSSR count). The van der Waals surface area contributed by atoms with E-state index in [0.717, 1.165) is 0 Å². The average molecular weight is 317 g/mol. The van der Waals surface area contributed by atoms with Gasteiger partial charge in [0.15, 0.2) is 0 Å². The van der Waals surface area contributed by atoms with Crippen LogP contribution in [-0.4, -0.2) is 11.0 Å². The van der Waals surface area contributed by atoms with E-state index >= 15 is 0 Å². The SMILES string of the molecule is N#C/C(=C/c1ccc(O)c(Cl)c1)C(=O)Nc1ccc(F)cc1. The van der Waals surface area contributed by atoms with Gasteiger partial charge in [0, 0.05) is 5.69 Å². The van der Waals surface area contributed by atoms with Crippen LogP contribution in [-0.2, 0) is 4.79 Å². The molecule has 2 N–H and O–H groups in total. The Morgan fingerprint density at radius 2 is 1.95 bits per heavy atom. The maximum Gasteiger partial charge on any atom is 0.266 e. The minimum absolute atomic E-state index is 0.0897. The normalized spacial score (nSPS) is 10.9. The van der Waals surface area contributed by atoms with Crippen LogP contribution in [0.2, 0.25) is 5.02 Å². The number of hydrogen-bond acceptors (Lipinski definition) is 3. The van der Waals surface area contributed by atoms with Crippen LogP contribution in [0.15, 0.2) is 48.0 Å². The molecule has 0 heterocycles. The number of anilines is 1. The van der Waals surface area contributed by atoms with E-state index in [4.69, 9.17) is 16.9 Å². The first-order valence-electron chi connectivity index (χ1n) is 6.17. The Morgan fingerprint density at radius 3 is 2.55 bits per heavy atom. The quantitative estimate of drug-likeness (QED) is 0.669. The van der Waals surface area contributed by atoms with Crippen LogP contribution in [0.4, 0.5) is 10.1 Å². The highest BCUT2D eigenvalue weighted by Gasteiger charge is 2.10. The van der Waals surface area contributed by atoms with Gasteiger partial charge >= 0.3 is 0 Å². The second-order valence-corrected chi connectivity index (χ2v) is 4.75. The molecule has 0 radical (unpaired) electrons. The molecule has 0 aromatic heterocycles. The van der Waals surface area contributed by atoms with Crippen molar-refractivity contribution in [1.82, 2.24) is 0 Å². The van der Waals surface area contributed by atoms with E-state index in [1.165, 1.54) is 48.5 Å². The van der Waals surface area contributed by atoms with Gasteiger partial charge in [-0.15, -0.1) is 0 Å². The predicted octanol–water partition coefficient (Wildman–Crippen LogP) is 3.73. The highest BCUT2D eigenvalue weighted by molar-refractivity contribution is 6.32. The van der Waals surface area contributed by atoms with Crippen molar-refractivity contribution in [3.63, 3.8) is 0 Å². The van der Waals surface area contributed by atoms with Crippen molar-refractivity contribution in [3.05, 3.63) is 64.4 Å². The van der Waals surface area contributed by atoms with Gasteiger partial charge in [0.25, 0.3) is 5.91 Å². The standard InChI is InChI=1S/C16H10ClFN2O2/c17-14-8-10(1-6-15(14)21)7-11(9-19)16(22)20-13-4-2-12(18)3-5-13/h1-8,21H,(H,20,22)/b11-7-. The van der Waals surface area contributed by atoms with Gasteiger partial charge in [-0.25, -0.2) is 4.39 Å². The van der Waals surface area contributed by atoms with E-state index in [2.05, 4.69) is 5.32 Å². The van der Waals surface area contributed by atoms with Crippen molar-refractivity contribution in [2.45, 2.75) is 0 Å². The second-order valence-electron chi connectivity index (χ2n) is 4.34. The lowest BCUT2D eigenvalue weighted by atomic mass is 10.1. The number of amides is 1. The van der Waals surface area contributed by atoms with Crippen molar-refractivity contribution in [2.24, 2.45) is 0 Å². The molecule has 1 amide bonds. The lowest BCUT2D eigenvalue weighted by Crippen LogP contribution is -2.13. The van der Waals surface area contributed by atoms with Gasteiger partial charge in [0.2, 0.25) is 0 Å². The van der Waals surface area contributed by atoms with Crippen LogP contribution < -0.4 is 5.32 Å². The summed E-state index contributed by atoms with van der Waals surface area (Å²) in [6, 6.07) is 11.3. The molecular formula is C16H10ClFN2O2. The van der Waals surface area contributed by atoms with Gasteiger partial charge in [-0.3, -0.25) is 4.79 Å². The van der Waals surface area contributed by atoms with Crippen molar-refractivity contribution in [1.29, 1.82) is 5.26 Å². The van der Waals surface area contributed by atoms with Crippen LogP contribution in [0.3, 0.4) is 0 Å². The van der Waals surface area contributed by atoms with Crippen LogP contribution in [0.25, 0.3) is 6.08 Å². The van der Waals surface area contributed by atoms with Crippen molar-refractivity contribution < 1.29 is 14.3 Å². The van der Waals surface area contributed by atoms with Crippen LogP contribution >= 0.6 is 11.6 Å². The third-order valence-corrected chi connectivity index (χ3v) is 3.05. The summed E-state index contributed by atoms with van der Waals surface area (Å²) in [5.41, 5.74) is 0.718. The van der Waals surface area contributed by atoms with Crippen molar-refractivity contribution in [2.75, 3.05) is 5.32 Å².